The molecule has 0 amide bonds. The SMILES string of the molecule is CCC=Cc1cc2ccc(C(=O)OC)cc2c2ccccc12. The molecule has 0 aromatic heterocycles. The van der Waals surface area contributed by atoms with Crippen LogP contribution in [0.1, 0.15) is 29.3 Å². The molecule has 0 atom stereocenters. The molecule has 110 valence electrons. The number of methoxy groups -OCH3 is 1. The monoisotopic (exact) mass is 290 g/mol. The Labute approximate surface area is 130 Å². The third kappa shape index (κ3) is 2.48. The van der Waals surface area contributed by atoms with Crippen molar-refractivity contribution in [2.24, 2.45) is 0 Å². The first-order chi connectivity index (χ1) is 10.7. The van der Waals surface area contributed by atoms with E-state index in [-0.39, 0.29) is 5.97 Å². The molecule has 0 aliphatic carbocycles. The van der Waals surface area contributed by atoms with Crippen LogP contribution < -0.4 is 0 Å². The minimum Gasteiger partial charge on any atom is -0.465 e. The van der Waals surface area contributed by atoms with Gasteiger partial charge in [0.05, 0.1) is 12.7 Å². The Morgan fingerprint density at radius 1 is 1.05 bits per heavy atom. The topological polar surface area (TPSA) is 26.3 Å². The minimum absolute atomic E-state index is 0.305. The highest BCUT2D eigenvalue weighted by Crippen LogP contribution is 2.30. The minimum atomic E-state index is -0.305. The van der Waals surface area contributed by atoms with Crippen molar-refractivity contribution in [1.82, 2.24) is 0 Å². The molecule has 0 radical (unpaired) electrons. The van der Waals surface area contributed by atoms with Gasteiger partial charge in [-0.2, -0.15) is 0 Å². The molecule has 3 aromatic rings. The summed E-state index contributed by atoms with van der Waals surface area (Å²) in [5.41, 5.74) is 1.78. The van der Waals surface area contributed by atoms with Crippen molar-refractivity contribution in [3.05, 3.63) is 65.7 Å². The van der Waals surface area contributed by atoms with Crippen molar-refractivity contribution in [2.75, 3.05) is 7.11 Å². The molecule has 0 spiro atoms. The van der Waals surface area contributed by atoms with E-state index in [1.54, 1.807) is 0 Å². The van der Waals surface area contributed by atoms with Crippen molar-refractivity contribution in [3.63, 3.8) is 0 Å². The Hall–Kier alpha value is -2.61. The third-order valence-electron chi connectivity index (χ3n) is 3.85. The normalized spacial score (nSPS) is 11.4. The molecule has 0 unspecified atom stereocenters. The van der Waals surface area contributed by atoms with Gasteiger partial charge in [0.2, 0.25) is 0 Å². The van der Waals surface area contributed by atoms with E-state index in [1.165, 1.54) is 18.1 Å². The van der Waals surface area contributed by atoms with Crippen LogP contribution in [-0.4, -0.2) is 13.1 Å². The summed E-state index contributed by atoms with van der Waals surface area (Å²) in [7, 11) is 1.41. The van der Waals surface area contributed by atoms with Gasteiger partial charge in [0.25, 0.3) is 0 Å². The fraction of sp³-hybridized carbons (Fsp3) is 0.150. The predicted octanol–water partition coefficient (Wildman–Crippen LogP) is 5.20. The summed E-state index contributed by atoms with van der Waals surface area (Å²) in [6.07, 6.45) is 5.33. The standard InChI is InChI=1S/C20H18O2/c1-3-4-7-14-12-15-10-11-16(20(21)22-2)13-19(15)18-9-6-5-8-17(14)18/h4-13H,3H2,1-2H3. The molecular weight excluding hydrogens is 272 g/mol. The van der Waals surface area contributed by atoms with E-state index in [0.717, 1.165) is 22.6 Å². The summed E-state index contributed by atoms with van der Waals surface area (Å²) in [6.45, 7) is 2.13. The van der Waals surface area contributed by atoms with Gasteiger partial charge in [-0.3, -0.25) is 0 Å². The van der Waals surface area contributed by atoms with E-state index in [9.17, 15) is 4.79 Å². The van der Waals surface area contributed by atoms with Crippen LogP contribution in [0.4, 0.5) is 0 Å². The van der Waals surface area contributed by atoms with Gasteiger partial charge in [0, 0.05) is 0 Å². The van der Waals surface area contributed by atoms with Crippen LogP contribution in [0.2, 0.25) is 0 Å². The van der Waals surface area contributed by atoms with Crippen molar-refractivity contribution in [2.45, 2.75) is 13.3 Å². The molecule has 0 saturated carbocycles. The number of hydrogen-bond acceptors (Lipinski definition) is 2. The number of carbonyl (C=O) groups excluding carboxylic acids is 1. The quantitative estimate of drug-likeness (QED) is 0.489. The largest absolute Gasteiger partial charge is 0.465 e. The second-order valence-electron chi connectivity index (χ2n) is 5.25. The summed E-state index contributed by atoms with van der Waals surface area (Å²) in [6, 6.07) is 16.2. The van der Waals surface area contributed by atoms with Crippen molar-refractivity contribution in [1.29, 1.82) is 0 Å². The third-order valence-corrected chi connectivity index (χ3v) is 3.85. The van der Waals surface area contributed by atoms with Gasteiger partial charge in [0.1, 0.15) is 0 Å². The zero-order chi connectivity index (χ0) is 15.5. The summed E-state index contributed by atoms with van der Waals surface area (Å²) < 4.78 is 4.82. The average molecular weight is 290 g/mol. The van der Waals surface area contributed by atoms with Crippen LogP contribution in [0.25, 0.3) is 27.6 Å². The van der Waals surface area contributed by atoms with Crippen molar-refractivity contribution >= 4 is 33.6 Å². The first-order valence-corrected chi connectivity index (χ1v) is 7.45. The summed E-state index contributed by atoms with van der Waals surface area (Å²) >= 11 is 0. The lowest BCUT2D eigenvalue weighted by atomic mass is 9.95. The molecular formula is C20H18O2. The molecule has 2 heteroatoms. The maximum absolute atomic E-state index is 11.8. The van der Waals surface area contributed by atoms with Crippen LogP contribution >= 0.6 is 0 Å². The van der Waals surface area contributed by atoms with Gasteiger partial charge in [-0.1, -0.05) is 49.4 Å². The molecule has 0 saturated heterocycles. The molecule has 0 bridgehead atoms. The van der Waals surface area contributed by atoms with Gasteiger partial charge >= 0.3 is 5.97 Å². The Balaban J connectivity index is 2.33. The number of allylic oxidation sites excluding steroid dienone is 1. The lowest BCUT2D eigenvalue weighted by Gasteiger charge is -2.09. The highest BCUT2D eigenvalue weighted by Gasteiger charge is 2.09. The number of esters is 1. The molecule has 0 heterocycles. The van der Waals surface area contributed by atoms with Crippen LogP contribution in [0.5, 0.6) is 0 Å². The Morgan fingerprint density at radius 3 is 2.55 bits per heavy atom. The number of carbonyl (C=O) groups is 1. The molecule has 3 rings (SSSR count). The van der Waals surface area contributed by atoms with Crippen molar-refractivity contribution in [3.8, 4) is 0 Å². The molecule has 3 aromatic carbocycles. The van der Waals surface area contributed by atoms with Gasteiger partial charge in [-0.05, 0) is 51.7 Å². The maximum atomic E-state index is 11.8. The van der Waals surface area contributed by atoms with Crippen LogP contribution in [0.15, 0.2) is 54.6 Å². The van der Waals surface area contributed by atoms with E-state index in [0.29, 0.717) is 5.56 Å². The molecule has 2 nitrogen and oxygen atoms in total. The Bertz CT molecular complexity index is 875. The van der Waals surface area contributed by atoms with Gasteiger partial charge in [0.15, 0.2) is 0 Å². The first kappa shape index (κ1) is 14.3. The maximum Gasteiger partial charge on any atom is 0.337 e. The van der Waals surface area contributed by atoms with Gasteiger partial charge < -0.3 is 4.74 Å². The van der Waals surface area contributed by atoms with Crippen molar-refractivity contribution < 1.29 is 9.53 Å². The highest BCUT2D eigenvalue weighted by molar-refractivity contribution is 6.12. The number of benzene rings is 3. The highest BCUT2D eigenvalue weighted by atomic mass is 16.5. The zero-order valence-corrected chi connectivity index (χ0v) is 12.8. The first-order valence-electron chi connectivity index (χ1n) is 7.45. The second-order valence-corrected chi connectivity index (χ2v) is 5.25. The predicted molar refractivity (Wildman–Crippen MR) is 92.1 cm³/mol. The Kier molecular flexibility index (Phi) is 3.92. The van der Waals surface area contributed by atoms with E-state index in [4.69, 9.17) is 4.74 Å². The summed E-state index contributed by atoms with van der Waals surface area (Å²) in [5, 5.41) is 4.55. The van der Waals surface area contributed by atoms with Crippen LogP contribution in [0, 0.1) is 0 Å². The number of hydrogen-bond donors (Lipinski definition) is 0. The summed E-state index contributed by atoms with van der Waals surface area (Å²) in [5.74, 6) is -0.305. The Morgan fingerprint density at radius 2 is 1.82 bits per heavy atom. The van der Waals surface area contributed by atoms with E-state index in [1.807, 2.05) is 30.3 Å². The smallest absolute Gasteiger partial charge is 0.337 e. The summed E-state index contributed by atoms with van der Waals surface area (Å²) in [4.78, 5) is 11.8. The average Bonchev–Trinajstić information content (AvgIpc) is 2.58. The van der Waals surface area contributed by atoms with E-state index >= 15 is 0 Å². The fourth-order valence-electron chi connectivity index (χ4n) is 2.76. The lowest BCUT2D eigenvalue weighted by Crippen LogP contribution is -2.00. The number of rotatable bonds is 3. The van der Waals surface area contributed by atoms with E-state index in [2.05, 4.69) is 37.3 Å². The van der Waals surface area contributed by atoms with Crippen LogP contribution in [0.3, 0.4) is 0 Å². The molecule has 22 heavy (non-hydrogen) atoms. The fourth-order valence-corrected chi connectivity index (χ4v) is 2.76. The zero-order valence-electron chi connectivity index (χ0n) is 12.8. The van der Waals surface area contributed by atoms with E-state index < -0.39 is 0 Å². The molecule has 0 N–H and O–H groups in total. The number of fused-ring (bicyclic) bond motifs is 3. The van der Waals surface area contributed by atoms with Gasteiger partial charge in [-0.15, -0.1) is 0 Å². The molecule has 0 aliphatic heterocycles. The molecule has 0 aliphatic rings. The number of ether oxygens (including phenoxy) is 1. The van der Waals surface area contributed by atoms with Gasteiger partial charge in [-0.25, -0.2) is 4.79 Å². The van der Waals surface area contributed by atoms with Crippen LogP contribution in [-0.2, 0) is 4.74 Å². The lowest BCUT2D eigenvalue weighted by molar-refractivity contribution is 0.0601. The second kappa shape index (κ2) is 6.02. The molecule has 0 fully saturated rings.